The molecular weight excluding hydrogens is 402 g/mol. The molecule has 2 atom stereocenters. The minimum absolute atomic E-state index is 0.0430. The lowest BCUT2D eigenvalue weighted by Gasteiger charge is -2.19. The maximum Gasteiger partial charge on any atom is 0.227 e. The third kappa shape index (κ3) is 5.38. The van der Waals surface area contributed by atoms with Gasteiger partial charge in [-0.2, -0.15) is 0 Å². The van der Waals surface area contributed by atoms with E-state index in [0.29, 0.717) is 12.4 Å². The van der Waals surface area contributed by atoms with Gasteiger partial charge < -0.3 is 19.7 Å². The lowest BCUT2D eigenvalue weighted by atomic mass is 10.0. The summed E-state index contributed by atoms with van der Waals surface area (Å²) in [6.07, 6.45) is 2.90. The van der Waals surface area contributed by atoms with Gasteiger partial charge in [-0.1, -0.05) is 30.3 Å². The summed E-state index contributed by atoms with van der Waals surface area (Å²) in [7, 11) is 0. The van der Waals surface area contributed by atoms with Crippen LogP contribution in [0.4, 0.5) is 5.69 Å². The highest BCUT2D eigenvalue weighted by atomic mass is 16.5. The minimum atomic E-state index is -0.174. The monoisotopic (exact) mass is 431 g/mol. The van der Waals surface area contributed by atoms with E-state index in [2.05, 4.69) is 15.2 Å². The van der Waals surface area contributed by atoms with Gasteiger partial charge in [-0.15, -0.1) is 0 Å². The lowest BCUT2D eigenvalue weighted by molar-refractivity contribution is -0.122. The van der Waals surface area contributed by atoms with Crippen molar-refractivity contribution < 1.29 is 14.3 Å². The number of likely N-dealkylation sites (N-methyl/N-ethyl adjacent to an activating group) is 1. The van der Waals surface area contributed by atoms with Crippen LogP contribution in [0.1, 0.15) is 31.7 Å². The number of hydrogen-bond donors (Lipinski definition) is 1. The molecule has 4 rings (SSSR count). The van der Waals surface area contributed by atoms with Crippen molar-refractivity contribution in [1.29, 1.82) is 0 Å². The van der Waals surface area contributed by atoms with Gasteiger partial charge in [-0.3, -0.25) is 4.79 Å². The van der Waals surface area contributed by atoms with E-state index in [1.165, 1.54) is 0 Å². The zero-order valence-electron chi connectivity index (χ0n) is 18.5. The number of nitrogens with zero attached hydrogens (tertiary/aromatic N) is 2. The molecular formula is C26H29N3O3. The predicted molar refractivity (Wildman–Crippen MR) is 126 cm³/mol. The molecule has 166 valence electrons. The molecule has 2 aromatic carbocycles. The molecule has 1 amide bonds. The van der Waals surface area contributed by atoms with Crippen molar-refractivity contribution in [3.05, 3.63) is 78.5 Å². The highest BCUT2D eigenvalue weighted by Gasteiger charge is 2.25. The van der Waals surface area contributed by atoms with Crippen LogP contribution in [0.15, 0.2) is 72.9 Å². The zero-order valence-corrected chi connectivity index (χ0v) is 18.5. The van der Waals surface area contributed by atoms with Crippen molar-refractivity contribution in [3.8, 4) is 17.4 Å². The number of anilines is 1. The van der Waals surface area contributed by atoms with Gasteiger partial charge in [0.25, 0.3) is 0 Å². The molecule has 32 heavy (non-hydrogen) atoms. The third-order valence-electron chi connectivity index (χ3n) is 5.62. The number of ether oxygens (including phenoxy) is 2. The van der Waals surface area contributed by atoms with Crippen LogP contribution in [0.5, 0.6) is 17.4 Å². The van der Waals surface area contributed by atoms with Crippen molar-refractivity contribution in [3.63, 3.8) is 0 Å². The molecule has 0 saturated carbocycles. The Morgan fingerprint density at radius 3 is 2.56 bits per heavy atom. The number of aromatic nitrogens is 1. The zero-order chi connectivity index (χ0) is 22.3. The van der Waals surface area contributed by atoms with Crippen LogP contribution < -0.4 is 19.7 Å². The molecule has 1 fully saturated rings. The molecule has 1 N–H and O–H groups in total. The number of benzene rings is 2. The normalized spacial score (nSPS) is 16.4. The number of carbonyl (C=O) groups excluding carboxylic acids is 1. The molecule has 2 heterocycles. The number of pyridine rings is 1. The average molecular weight is 432 g/mol. The molecule has 0 radical (unpaired) electrons. The summed E-state index contributed by atoms with van der Waals surface area (Å²) in [4.78, 5) is 18.7. The fourth-order valence-corrected chi connectivity index (χ4v) is 3.79. The summed E-state index contributed by atoms with van der Waals surface area (Å²) in [5, 5.41) is 2.86. The van der Waals surface area contributed by atoms with Crippen LogP contribution in [-0.2, 0) is 4.79 Å². The smallest absolute Gasteiger partial charge is 0.227 e. The molecule has 1 saturated heterocycles. The fourth-order valence-electron chi connectivity index (χ4n) is 3.79. The molecule has 1 aliphatic heterocycles. The molecule has 1 aromatic heterocycles. The number of nitrogens with one attached hydrogen (secondary N) is 1. The summed E-state index contributed by atoms with van der Waals surface area (Å²) in [6, 6.07) is 21.4. The first-order valence-electron chi connectivity index (χ1n) is 11.1. The van der Waals surface area contributed by atoms with Gasteiger partial charge in [0.1, 0.15) is 17.6 Å². The van der Waals surface area contributed by atoms with Crippen molar-refractivity contribution in [2.45, 2.75) is 32.3 Å². The summed E-state index contributed by atoms with van der Waals surface area (Å²) in [5.41, 5.74) is 2.04. The Morgan fingerprint density at radius 1 is 1.09 bits per heavy atom. The molecule has 6 heteroatoms. The van der Waals surface area contributed by atoms with Gasteiger partial charge in [-0.05, 0) is 49.7 Å². The van der Waals surface area contributed by atoms with Gasteiger partial charge in [0.05, 0.1) is 24.3 Å². The van der Waals surface area contributed by atoms with E-state index in [9.17, 15) is 4.79 Å². The first-order chi connectivity index (χ1) is 15.6. The Labute approximate surface area is 189 Å². The highest BCUT2D eigenvalue weighted by Crippen LogP contribution is 2.27. The minimum Gasteiger partial charge on any atom is -0.489 e. The number of carbonyl (C=O) groups is 1. The number of rotatable bonds is 8. The fraction of sp³-hybridized carbons (Fsp3) is 0.308. The van der Waals surface area contributed by atoms with Gasteiger partial charge >= 0.3 is 0 Å². The Kier molecular flexibility index (Phi) is 6.90. The second kappa shape index (κ2) is 10.2. The van der Waals surface area contributed by atoms with Crippen molar-refractivity contribution >= 4 is 11.6 Å². The first kappa shape index (κ1) is 21.7. The molecule has 0 spiro atoms. The molecule has 1 aliphatic rings. The molecule has 3 aromatic rings. The second-order valence-electron chi connectivity index (χ2n) is 7.93. The summed E-state index contributed by atoms with van der Waals surface area (Å²) >= 11 is 0. The Morgan fingerprint density at radius 2 is 1.88 bits per heavy atom. The Balaban J connectivity index is 1.30. The topological polar surface area (TPSA) is 63.7 Å². The number of para-hydroxylation sites is 1. The van der Waals surface area contributed by atoms with Crippen LogP contribution >= 0.6 is 0 Å². The maximum atomic E-state index is 12.0. The van der Waals surface area contributed by atoms with Gasteiger partial charge in [0.2, 0.25) is 11.8 Å². The van der Waals surface area contributed by atoms with Crippen LogP contribution in [0.25, 0.3) is 0 Å². The van der Waals surface area contributed by atoms with Crippen LogP contribution in [-0.4, -0.2) is 36.6 Å². The molecule has 6 nitrogen and oxygen atoms in total. The highest BCUT2D eigenvalue weighted by molar-refractivity contribution is 5.83. The summed E-state index contributed by atoms with van der Waals surface area (Å²) in [5.74, 6) is 2.05. The van der Waals surface area contributed by atoms with Crippen molar-refractivity contribution in [1.82, 2.24) is 10.3 Å². The van der Waals surface area contributed by atoms with Crippen LogP contribution in [0.3, 0.4) is 0 Å². The SMILES string of the molecule is CCNC(=O)C(C)c1ccc(OC2CCN(c3ccc(Oc4ccccc4)nc3)C2)cc1. The van der Waals surface area contributed by atoms with E-state index in [0.717, 1.165) is 42.3 Å². The summed E-state index contributed by atoms with van der Waals surface area (Å²) < 4.78 is 12.0. The van der Waals surface area contributed by atoms with Crippen molar-refractivity contribution in [2.75, 3.05) is 24.5 Å². The predicted octanol–water partition coefficient (Wildman–Crippen LogP) is 4.77. The largest absolute Gasteiger partial charge is 0.489 e. The van der Waals surface area contributed by atoms with Crippen LogP contribution in [0, 0.1) is 0 Å². The second-order valence-corrected chi connectivity index (χ2v) is 7.93. The number of amides is 1. The van der Waals surface area contributed by atoms with E-state index in [1.807, 2.05) is 86.8 Å². The average Bonchev–Trinajstić information content (AvgIpc) is 3.29. The summed E-state index contributed by atoms with van der Waals surface area (Å²) in [6.45, 7) is 6.20. The third-order valence-corrected chi connectivity index (χ3v) is 5.62. The standard InChI is InChI=1S/C26H29N3O3/c1-3-27-26(30)19(2)20-9-12-23(13-10-20)31-24-15-16-29(18-24)21-11-14-25(28-17-21)32-22-7-5-4-6-8-22/h4-14,17,19,24H,3,15-16,18H2,1-2H3,(H,27,30). The molecule has 0 bridgehead atoms. The molecule has 0 aliphatic carbocycles. The van der Waals surface area contributed by atoms with E-state index in [1.54, 1.807) is 0 Å². The van der Waals surface area contributed by atoms with Crippen molar-refractivity contribution in [2.24, 2.45) is 0 Å². The number of hydrogen-bond acceptors (Lipinski definition) is 5. The van der Waals surface area contributed by atoms with Crippen LogP contribution in [0.2, 0.25) is 0 Å². The quantitative estimate of drug-likeness (QED) is 0.557. The molecule has 2 unspecified atom stereocenters. The van der Waals surface area contributed by atoms with E-state index in [4.69, 9.17) is 9.47 Å². The Bertz CT molecular complexity index is 1010. The lowest BCUT2D eigenvalue weighted by Crippen LogP contribution is -2.27. The van der Waals surface area contributed by atoms with E-state index >= 15 is 0 Å². The van der Waals surface area contributed by atoms with Gasteiger partial charge in [-0.25, -0.2) is 4.98 Å². The van der Waals surface area contributed by atoms with E-state index in [-0.39, 0.29) is 17.9 Å². The van der Waals surface area contributed by atoms with Gasteiger partial charge in [0.15, 0.2) is 0 Å². The Hall–Kier alpha value is -3.54. The van der Waals surface area contributed by atoms with Gasteiger partial charge in [0, 0.05) is 25.6 Å². The van der Waals surface area contributed by atoms with E-state index < -0.39 is 0 Å². The first-order valence-corrected chi connectivity index (χ1v) is 11.1. The maximum absolute atomic E-state index is 12.0.